The zero-order chi connectivity index (χ0) is 19.7. The molecule has 2 rings (SSSR count). The largest absolute Gasteiger partial charge is 0.388 e. The second kappa shape index (κ2) is 17.2. The maximum Gasteiger partial charge on any atom is 0.0812 e. The zero-order valence-electron chi connectivity index (χ0n) is 17.7. The highest BCUT2D eigenvalue weighted by molar-refractivity contribution is 5.17. The highest BCUT2D eigenvalue weighted by atomic mass is 16.3. The third-order valence-corrected chi connectivity index (χ3v) is 3.26. The zero-order valence-corrected chi connectivity index (χ0v) is 17.7. The quantitative estimate of drug-likeness (QED) is 0.616. The first-order valence-electron chi connectivity index (χ1n) is 9.77. The first-order valence-corrected chi connectivity index (χ1v) is 9.77. The number of hydrogen-bond donors (Lipinski definition) is 1. The van der Waals surface area contributed by atoms with E-state index in [0.29, 0.717) is 0 Å². The van der Waals surface area contributed by atoms with Gasteiger partial charge in [0, 0.05) is 0 Å². The summed E-state index contributed by atoms with van der Waals surface area (Å²) in [5, 5.41) is 9.60. The molecule has 142 valence electrons. The molecule has 25 heavy (non-hydrogen) atoms. The molecule has 1 atom stereocenters. The van der Waals surface area contributed by atoms with E-state index in [9.17, 15) is 5.11 Å². The smallest absolute Gasteiger partial charge is 0.0812 e. The Morgan fingerprint density at radius 2 is 1.08 bits per heavy atom. The summed E-state index contributed by atoms with van der Waals surface area (Å²) in [7, 11) is 0. The van der Waals surface area contributed by atoms with Crippen LogP contribution in [0.1, 0.15) is 72.6 Å². The fourth-order valence-corrected chi connectivity index (χ4v) is 2.12. The van der Waals surface area contributed by atoms with Crippen LogP contribution in [0.4, 0.5) is 0 Å². The minimum atomic E-state index is -0.323. The first-order chi connectivity index (χ1) is 12.0. The van der Waals surface area contributed by atoms with Crippen molar-refractivity contribution in [3.05, 3.63) is 71.8 Å². The van der Waals surface area contributed by atoms with Crippen molar-refractivity contribution < 1.29 is 5.11 Å². The van der Waals surface area contributed by atoms with E-state index in [4.69, 9.17) is 0 Å². The van der Waals surface area contributed by atoms with Crippen molar-refractivity contribution in [2.24, 2.45) is 11.8 Å². The van der Waals surface area contributed by atoms with Gasteiger partial charge in [-0.25, -0.2) is 0 Å². The van der Waals surface area contributed by atoms with Crippen molar-refractivity contribution in [2.75, 3.05) is 0 Å². The topological polar surface area (TPSA) is 20.2 Å². The lowest BCUT2D eigenvalue weighted by Gasteiger charge is -2.13. The molecule has 2 aromatic rings. The summed E-state index contributed by atoms with van der Waals surface area (Å²) in [6, 6.07) is 20.4. The molecule has 0 bridgehead atoms. The Morgan fingerprint density at radius 3 is 1.44 bits per heavy atom. The average molecular weight is 345 g/mol. The summed E-state index contributed by atoms with van der Waals surface area (Å²) in [5.41, 5.74) is 2.44. The highest BCUT2D eigenvalue weighted by Crippen LogP contribution is 2.20. The van der Waals surface area contributed by atoms with Crippen LogP contribution < -0.4 is 0 Å². The molecule has 0 spiro atoms. The van der Waals surface area contributed by atoms with E-state index in [0.717, 1.165) is 11.5 Å². The van der Waals surface area contributed by atoms with Crippen LogP contribution in [-0.2, 0) is 6.42 Å². The Kier molecular flexibility index (Phi) is 17.7. The molecule has 0 aliphatic carbocycles. The summed E-state index contributed by atoms with van der Waals surface area (Å²) >= 11 is 0. The van der Waals surface area contributed by atoms with E-state index in [2.05, 4.69) is 44.2 Å². The van der Waals surface area contributed by atoms with Gasteiger partial charge in [-0.1, -0.05) is 116 Å². The van der Waals surface area contributed by atoms with Crippen molar-refractivity contribution in [1.29, 1.82) is 0 Å². The molecule has 0 saturated heterocycles. The summed E-state index contributed by atoms with van der Waals surface area (Å²) in [5.74, 6) is 1.06. The second-order valence-corrected chi connectivity index (χ2v) is 6.18. The molecule has 0 heterocycles. The van der Waals surface area contributed by atoms with Crippen LogP contribution in [0.2, 0.25) is 0 Å². The molecule has 2 aromatic carbocycles. The van der Waals surface area contributed by atoms with Gasteiger partial charge in [-0.05, 0) is 29.4 Å². The maximum atomic E-state index is 9.60. The molecule has 0 fully saturated rings. The minimum absolute atomic E-state index is 0.289. The van der Waals surface area contributed by atoms with Gasteiger partial charge in [0.2, 0.25) is 0 Å². The van der Waals surface area contributed by atoms with Gasteiger partial charge in [0.15, 0.2) is 0 Å². The van der Waals surface area contributed by atoms with Crippen LogP contribution in [0.3, 0.4) is 0 Å². The summed E-state index contributed by atoms with van der Waals surface area (Å²) in [6.07, 6.45) is 0.872. The Morgan fingerprint density at radius 1 is 0.680 bits per heavy atom. The Balaban J connectivity index is 0. The van der Waals surface area contributed by atoms with Crippen molar-refractivity contribution in [2.45, 2.75) is 67.9 Å². The Labute approximate surface area is 157 Å². The van der Waals surface area contributed by atoms with E-state index in [1.54, 1.807) is 0 Å². The van der Waals surface area contributed by atoms with E-state index < -0.39 is 0 Å². The predicted octanol–water partition coefficient (Wildman–Crippen LogP) is 7.31. The van der Waals surface area contributed by atoms with Crippen LogP contribution in [0, 0.1) is 11.8 Å². The molecule has 1 unspecified atom stereocenters. The van der Waals surface area contributed by atoms with Gasteiger partial charge in [-0.2, -0.15) is 0 Å². The number of rotatable bonds is 4. The molecule has 0 radical (unpaired) electrons. The lowest BCUT2D eigenvalue weighted by molar-refractivity contribution is 0.127. The van der Waals surface area contributed by atoms with E-state index >= 15 is 0 Å². The maximum absolute atomic E-state index is 9.60. The Bertz CT molecular complexity index is 474. The molecular formula is C24H40O. The average Bonchev–Trinajstić information content (AvgIpc) is 2.66. The third-order valence-electron chi connectivity index (χ3n) is 3.26. The van der Waals surface area contributed by atoms with Crippen molar-refractivity contribution in [3.63, 3.8) is 0 Å². The van der Waals surface area contributed by atoms with E-state index in [1.807, 2.05) is 71.9 Å². The van der Waals surface area contributed by atoms with Gasteiger partial charge in [-0.15, -0.1) is 0 Å². The number of aliphatic hydroxyl groups is 1. The summed E-state index contributed by atoms with van der Waals surface area (Å²) in [4.78, 5) is 0. The van der Waals surface area contributed by atoms with Crippen LogP contribution in [0.5, 0.6) is 0 Å². The normalized spacial score (nSPS) is 10.5. The molecule has 1 N–H and O–H groups in total. The molecule has 0 amide bonds. The molecule has 0 aromatic heterocycles. The van der Waals surface area contributed by atoms with Gasteiger partial charge in [0.25, 0.3) is 0 Å². The monoisotopic (exact) mass is 344 g/mol. The SMILES string of the molecule is CC.CC.CC(C)C(O)c1ccccc1.CC(C)Cc1ccccc1. The van der Waals surface area contributed by atoms with E-state index in [-0.39, 0.29) is 12.0 Å². The number of aliphatic hydroxyl groups excluding tert-OH is 1. The molecule has 0 aliphatic heterocycles. The Hall–Kier alpha value is -1.60. The summed E-state index contributed by atoms with van der Waals surface area (Å²) in [6.45, 7) is 16.5. The van der Waals surface area contributed by atoms with Crippen LogP contribution in [0.25, 0.3) is 0 Å². The van der Waals surface area contributed by atoms with Crippen LogP contribution in [0.15, 0.2) is 60.7 Å². The third kappa shape index (κ3) is 13.4. The lowest BCUT2D eigenvalue weighted by Crippen LogP contribution is -2.04. The van der Waals surface area contributed by atoms with Gasteiger partial charge < -0.3 is 5.11 Å². The van der Waals surface area contributed by atoms with Crippen molar-refractivity contribution in [3.8, 4) is 0 Å². The van der Waals surface area contributed by atoms with Crippen molar-refractivity contribution in [1.82, 2.24) is 0 Å². The van der Waals surface area contributed by atoms with Gasteiger partial charge in [0.05, 0.1) is 6.10 Å². The van der Waals surface area contributed by atoms with E-state index in [1.165, 1.54) is 12.0 Å². The van der Waals surface area contributed by atoms with Gasteiger partial charge in [-0.3, -0.25) is 0 Å². The molecule has 1 heteroatoms. The molecule has 1 nitrogen and oxygen atoms in total. The number of hydrogen-bond acceptors (Lipinski definition) is 1. The molecular weight excluding hydrogens is 304 g/mol. The predicted molar refractivity (Wildman–Crippen MR) is 114 cm³/mol. The fraction of sp³-hybridized carbons (Fsp3) is 0.500. The second-order valence-electron chi connectivity index (χ2n) is 6.18. The van der Waals surface area contributed by atoms with Crippen LogP contribution in [-0.4, -0.2) is 5.11 Å². The van der Waals surface area contributed by atoms with Gasteiger partial charge in [0.1, 0.15) is 0 Å². The lowest BCUT2D eigenvalue weighted by atomic mass is 10.00. The number of benzene rings is 2. The first kappa shape index (κ1) is 25.6. The van der Waals surface area contributed by atoms with Crippen LogP contribution >= 0.6 is 0 Å². The highest BCUT2D eigenvalue weighted by Gasteiger charge is 2.09. The molecule has 0 saturated carbocycles. The summed E-state index contributed by atoms with van der Waals surface area (Å²) < 4.78 is 0. The standard InChI is InChI=1S/C10H14O.C10H14.2C2H6/c1-8(2)10(11)9-6-4-3-5-7-9;1-9(2)8-10-6-4-3-5-7-10;2*1-2/h3-8,10-11H,1-2H3;3-7,9H,8H2,1-2H3;2*1-2H3. The minimum Gasteiger partial charge on any atom is -0.388 e. The van der Waals surface area contributed by atoms with Gasteiger partial charge >= 0.3 is 0 Å². The molecule has 0 aliphatic rings. The fourth-order valence-electron chi connectivity index (χ4n) is 2.12. The van der Waals surface area contributed by atoms with Crippen molar-refractivity contribution >= 4 is 0 Å².